The molecule has 0 unspecified atom stereocenters. The number of carbonyl (C=O) groups is 1. The summed E-state index contributed by atoms with van der Waals surface area (Å²) in [5.41, 5.74) is 2.55. The molecule has 39 heavy (non-hydrogen) atoms. The van der Waals surface area contributed by atoms with Crippen molar-refractivity contribution < 1.29 is 30.3 Å². The fourth-order valence-electron chi connectivity index (χ4n) is 2.26. The van der Waals surface area contributed by atoms with E-state index in [0.29, 0.717) is 5.69 Å². The number of rotatable bonds is 2. The van der Waals surface area contributed by atoms with Gasteiger partial charge in [0.05, 0.1) is 5.69 Å². The standard InChI is InChI=1S/C11H12N2O.C8H9NO2.2C2H3Cl3O2/c1-9-8-11(14)13(12(9)2)10-6-4-3-5-7-10;1-6(10)9-7-2-4-8(11)5-3-7;2*3-2(4,5)1(6)7/h3-8H,1-2H3;2-5,11H,1H3,(H,9,10);2*1,6-7H. The van der Waals surface area contributed by atoms with Gasteiger partial charge >= 0.3 is 0 Å². The topological polar surface area (TPSA) is 157 Å². The SMILES string of the molecule is CC(=O)Nc1ccc(O)cc1.Cc1cc(=O)n(-c2ccccc2)n1C.OC(O)C(Cl)(Cl)Cl.OC(O)C(Cl)(Cl)Cl. The second-order valence-corrected chi connectivity index (χ2v) is 12.1. The number of halogens is 6. The molecule has 0 bridgehead atoms. The van der Waals surface area contributed by atoms with Crippen LogP contribution in [0.5, 0.6) is 5.75 Å². The molecule has 0 saturated heterocycles. The molecule has 1 aromatic heterocycles. The lowest BCUT2D eigenvalue weighted by Crippen LogP contribution is -2.23. The van der Waals surface area contributed by atoms with Gasteiger partial charge in [0.1, 0.15) is 5.75 Å². The lowest BCUT2D eigenvalue weighted by Gasteiger charge is -2.10. The zero-order valence-corrected chi connectivity index (χ0v) is 25.2. The number of aromatic hydroxyl groups is 1. The Morgan fingerprint density at radius 2 is 1.26 bits per heavy atom. The molecule has 218 valence electrons. The van der Waals surface area contributed by atoms with Gasteiger partial charge in [0.25, 0.3) is 5.56 Å². The van der Waals surface area contributed by atoms with Gasteiger partial charge in [0.2, 0.25) is 13.5 Å². The number of phenols is 1. The summed E-state index contributed by atoms with van der Waals surface area (Å²) in [5, 5.41) is 43.7. The van der Waals surface area contributed by atoms with Gasteiger partial charge in [-0.05, 0) is 43.3 Å². The quantitative estimate of drug-likeness (QED) is 0.136. The van der Waals surface area contributed by atoms with Crippen molar-refractivity contribution in [3.8, 4) is 11.4 Å². The molecule has 1 amide bonds. The lowest BCUT2D eigenvalue weighted by atomic mass is 10.3. The molecule has 0 aliphatic carbocycles. The second kappa shape index (κ2) is 17.2. The highest BCUT2D eigenvalue weighted by Gasteiger charge is 2.28. The minimum atomic E-state index is -1.97. The summed E-state index contributed by atoms with van der Waals surface area (Å²) in [4.78, 5) is 22.1. The summed E-state index contributed by atoms with van der Waals surface area (Å²) in [6.07, 6.45) is -3.81. The van der Waals surface area contributed by atoms with Crippen LogP contribution in [0.25, 0.3) is 5.69 Å². The van der Waals surface area contributed by atoms with E-state index >= 15 is 0 Å². The fraction of sp³-hybridized carbons (Fsp3) is 0.304. The van der Waals surface area contributed by atoms with Gasteiger partial charge in [-0.15, -0.1) is 0 Å². The van der Waals surface area contributed by atoms with E-state index in [-0.39, 0.29) is 17.2 Å². The molecule has 3 aromatic rings. The molecule has 0 aliphatic rings. The average molecular weight is 670 g/mol. The predicted octanol–water partition coefficient (Wildman–Crippen LogP) is 4.17. The number of aliphatic hydroxyl groups excluding tert-OH is 2. The van der Waals surface area contributed by atoms with E-state index in [4.69, 9.17) is 95.1 Å². The number of phenolic OH excluding ortho intramolecular Hbond substituents is 1. The zero-order valence-electron chi connectivity index (χ0n) is 20.6. The van der Waals surface area contributed by atoms with Crippen molar-refractivity contribution in [2.75, 3.05) is 5.32 Å². The number of aryl methyl sites for hydroxylation is 1. The Morgan fingerprint density at radius 1 is 0.846 bits per heavy atom. The van der Waals surface area contributed by atoms with Gasteiger partial charge in [-0.2, -0.15) is 0 Å². The molecular formula is C23H27Cl6N3O7. The molecule has 0 atom stereocenters. The Labute approximate surface area is 254 Å². The maximum Gasteiger partial charge on any atom is 0.271 e. The second-order valence-electron chi connectivity index (χ2n) is 7.35. The highest BCUT2D eigenvalue weighted by atomic mass is 35.6. The first-order chi connectivity index (χ1) is 17.8. The number of nitrogens with zero attached hydrogens (tertiary/aromatic N) is 2. The first kappa shape index (κ1) is 37.3. The van der Waals surface area contributed by atoms with Gasteiger partial charge in [-0.25, -0.2) is 4.68 Å². The molecular weight excluding hydrogens is 643 g/mol. The van der Waals surface area contributed by atoms with E-state index in [2.05, 4.69) is 5.32 Å². The van der Waals surface area contributed by atoms with Crippen LogP contribution in [0.4, 0.5) is 5.69 Å². The van der Waals surface area contributed by atoms with Crippen molar-refractivity contribution in [2.45, 2.75) is 34.0 Å². The first-order valence-corrected chi connectivity index (χ1v) is 12.8. The molecule has 0 spiro atoms. The lowest BCUT2D eigenvalue weighted by molar-refractivity contribution is -0.114. The predicted molar refractivity (Wildman–Crippen MR) is 155 cm³/mol. The molecule has 0 radical (unpaired) electrons. The number of anilines is 1. The number of amides is 1. The largest absolute Gasteiger partial charge is 0.508 e. The average Bonchev–Trinajstić information content (AvgIpc) is 3.06. The first-order valence-electron chi connectivity index (χ1n) is 10.5. The van der Waals surface area contributed by atoms with Crippen molar-refractivity contribution in [1.29, 1.82) is 0 Å². The van der Waals surface area contributed by atoms with E-state index in [0.717, 1.165) is 11.4 Å². The van der Waals surface area contributed by atoms with Crippen LogP contribution in [-0.4, -0.2) is 61.0 Å². The van der Waals surface area contributed by atoms with E-state index < -0.39 is 20.2 Å². The number of benzene rings is 2. The summed E-state index contributed by atoms with van der Waals surface area (Å²) in [7, 11) is 1.88. The molecule has 16 heteroatoms. The maximum absolute atomic E-state index is 11.6. The van der Waals surface area contributed by atoms with Crippen LogP contribution in [0.3, 0.4) is 0 Å². The molecule has 6 N–H and O–H groups in total. The summed E-state index contributed by atoms with van der Waals surface area (Å²) in [6.45, 7) is 3.35. The Balaban J connectivity index is 0.000000520. The van der Waals surface area contributed by atoms with Crippen LogP contribution < -0.4 is 10.9 Å². The number of aromatic nitrogens is 2. The fourth-order valence-corrected chi connectivity index (χ4v) is 2.26. The van der Waals surface area contributed by atoms with Crippen LogP contribution >= 0.6 is 69.6 Å². The summed E-state index contributed by atoms with van der Waals surface area (Å²) in [6, 6.07) is 17.6. The number of alkyl halides is 6. The molecule has 0 fully saturated rings. The van der Waals surface area contributed by atoms with Crippen molar-refractivity contribution in [3.05, 3.63) is 76.7 Å². The van der Waals surface area contributed by atoms with E-state index in [1.54, 1.807) is 22.9 Å². The number of aliphatic hydroxyl groups is 4. The molecule has 10 nitrogen and oxygen atoms in total. The van der Waals surface area contributed by atoms with Crippen LogP contribution in [-0.2, 0) is 11.8 Å². The van der Waals surface area contributed by atoms with Gasteiger partial charge in [0.15, 0.2) is 12.6 Å². The number of carbonyl (C=O) groups excluding carboxylic acids is 1. The van der Waals surface area contributed by atoms with Crippen LogP contribution in [0.2, 0.25) is 0 Å². The third-order valence-corrected chi connectivity index (χ3v) is 5.30. The van der Waals surface area contributed by atoms with Gasteiger partial charge in [-0.3, -0.25) is 14.3 Å². The van der Waals surface area contributed by atoms with Gasteiger partial charge in [0, 0.05) is 31.4 Å². The van der Waals surface area contributed by atoms with Crippen molar-refractivity contribution >= 4 is 81.2 Å². The molecule has 0 saturated carbocycles. The van der Waals surface area contributed by atoms with Crippen LogP contribution in [0, 0.1) is 6.92 Å². The van der Waals surface area contributed by atoms with E-state index in [1.165, 1.54) is 19.1 Å². The van der Waals surface area contributed by atoms with Crippen molar-refractivity contribution in [1.82, 2.24) is 9.36 Å². The third kappa shape index (κ3) is 15.6. The monoisotopic (exact) mass is 667 g/mol. The Hall–Kier alpha value is -1.70. The van der Waals surface area contributed by atoms with E-state index in [1.807, 2.05) is 49.0 Å². The Kier molecular flexibility index (Phi) is 16.4. The highest BCUT2D eigenvalue weighted by Crippen LogP contribution is 2.29. The number of nitrogens with one attached hydrogen (secondary N) is 1. The minimum absolute atomic E-state index is 0.0104. The van der Waals surface area contributed by atoms with Crippen LogP contribution in [0.1, 0.15) is 12.6 Å². The summed E-state index contributed by atoms with van der Waals surface area (Å²) < 4.78 is -0.451. The number of hydrogen-bond acceptors (Lipinski definition) is 7. The van der Waals surface area contributed by atoms with E-state index in [9.17, 15) is 9.59 Å². The summed E-state index contributed by atoms with van der Waals surface area (Å²) >= 11 is 29.4. The molecule has 1 heterocycles. The highest BCUT2D eigenvalue weighted by molar-refractivity contribution is 6.68. The van der Waals surface area contributed by atoms with Crippen molar-refractivity contribution in [3.63, 3.8) is 0 Å². The number of hydrogen-bond donors (Lipinski definition) is 6. The molecule has 3 rings (SSSR count). The third-order valence-electron chi connectivity index (χ3n) is 4.13. The molecule has 2 aromatic carbocycles. The molecule has 0 aliphatic heterocycles. The minimum Gasteiger partial charge on any atom is -0.508 e. The number of para-hydroxylation sites is 1. The van der Waals surface area contributed by atoms with Crippen molar-refractivity contribution in [2.24, 2.45) is 7.05 Å². The normalized spacial score (nSPS) is 10.9. The maximum atomic E-state index is 11.6. The van der Waals surface area contributed by atoms with Gasteiger partial charge < -0.3 is 30.8 Å². The van der Waals surface area contributed by atoms with Gasteiger partial charge in [-0.1, -0.05) is 87.8 Å². The smallest absolute Gasteiger partial charge is 0.271 e. The van der Waals surface area contributed by atoms with Crippen LogP contribution in [0.15, 0.2) is 65.5 Å². The summed E-state index contributed by atoms with van der Waals surface area (Å²) in [5.74, 6) is 0.0785. The zero-order chi connectivity index (χ0) is 30.6. The Morgan fingerprint density at radius 3 is 1.56 bits per heavy atom. The Bertz CT molecular complexity index is 1170.